The van der Waals surface area contributed by atoms with Crippen molar-refractivity contribution in [2.45, 2.75) is 0 Å². The fourth-order valence-corrected chi connectivity index (χ4v) is 7.70. The molecule has 0 bridgehead atoms. The van der Waals surface area contributed by atoms with Crippen LogP contribution in [0.1, 0.15) is 11.1 Å². The van der Waals surface area contributed by atoms with E-state index in [9.17, 15) is 10.5 Å². The molecule has 3 aromatic heterocycles. The lowest BCUT2D eigenvalue weighted by molar-refractivity contribution is 0.666. The number of rotatable bonds is 3. The summed E-state index contributed by atoms with van der Waals surface area (Å²) in [7, 11) is 0. The van der Waals surface area contributed by atoms with Crippen molar-refractivity contribution in [1.82, 2.24) is 9.13 Å². The number of para-hydroxylation sites is 4. The van der Waals surface area contributed by atoms with E-state index in [1.54, 1.807) is 6.07 Å². The van der Waals surface area contributed by atoms with Crippen molar-refractivity contribution in [3.63, 3.8) is 0 Å². The standard InChI is InChI=1S/C44H24N4O/c45-25-29-12-9-18-36-41-42-37(24-30(26-46)44(41)49-43(29)36)35-17-3-6-21-40(35)48(42)32-14-8-11-28(23-32)27-10-7-13-31(22-27)47-38-19-4-1-15-33(38)34-16-2-5-20-39(34)47/h1-24H. The zero-order chi connectivity index (χ0) is 32.6. The van der Waals surface area contributed by atoms with E-state index < -0.39 is 0 Å². The van der Waals surface area contributed by atoms with Crippen LogP contribution in [0.25, 0.3) is 88.1 Å². The van der Waals surface area contributed by atoms with Gasteiger partial charge in [-0.15, -0.1) is 0 Å². The van der Waals surface area contributed by atoms with Gasteiger partial charge in [-0.25, -0.2) is 0 Å². The van der Waals surface area contributed by atoms with Gasteiger partial charge in [0.1, 0.15) is 12.1 Å². The second-order valence-corrected chi connectivity index (χ2v) is 12.4. The Labute approximate surface area is 280 Å². The number of nitrogens with zero attached hydrogens (tertiary/aromatic N) is 4. The first-order valence-corrected chi connectivity index (χ1v) is 16.1. The Bertz CT molecular complexity index is 3030. The molecule has 10 aromatic rings. The van der Waals surface area contributed by atoms with Gasteiger partial charge in [0.05, 0.1) is 38.6 Å². The summed E-state index contributed by atoms with van der Waals surface area (Å²) in [6.45, 7) is 0. The van der Waals surface area contributed by atoms with Gasteiger partial charge in [-0.2, -0.15) is 10.5 Å². The first-order chi connectivity index (χ1) is 24.2. The SMILES string of the molecule is N#Cc1cccc2c1oc1c(C#N)cc3c4ccccc4n(-c4cccc(-c5cccc(-n6c7ccccc7c7ccccc76)c5)c4)c3c12. The number of aromatic nitrogens is 2. The summed E-state index contributed by atoms with van der Waals surface area (Å²) < 4.78 is 10.9. The predicted octanol–water partition coefficient (Wildman–Crippen LogP) is 11.2. The van der Waals surface area contributed by atoms with Crippen LogP contribution in [0.4, 0.5) is 0 Å². The van der Waals surface area contributed by atoms with Crippen molar-refractivity contribution in [1.29, 1.82) is 10.5 Å². The van der Waals surface area contributed by atoms with Crippen LogP contribution in [0.15, 0.2) is 150 Å². The first-order valence-electron chi connectivity index (χ1n) is 16.1. The number of nitriles is 2. The Morgan fingerprint density at radius 2 is 0.939 bits per heavy atom. The molecule has 5 nitrogen and oxygen atoms in total. The Balaban J connectivity index is 1.23. The minimum Gasteiger partial charge on any atom is -0.453 e. The minimum atomic E-state index is 0.443. The molecule has 3 heterocycles. The van der Waals surface area contributed by atoms with E-state index in [-0.39, 0.29) is 0 Å². The smallest absolute Gasteiger partial charge is 0.155 e. The molecule has 226 valence electrons. The van der Waals surface area contributed by atoms with Crippen LogP contribution >= 0.6 is 0 Å². The van der Waals surface area contributed by atoms with Gasteiger partial charge in [0.25, 0.3) is 0 Å². The van der Waals surface area contributed by atoms with Crippen LogP contribution in [0.2, 0.25) is 0 Å². The van der Waals surface area contributed by atoms with Gasteiger partial charge in [-0.1, -0.05) is 91.0 Å². The molecule has 0 unspecified atom stereocenters. The van der Waals surface area contributed by atoms with Gasteiger partial charge in [-0.3, -0.25) is 0 Å². The van der Waals surface area contributed by atoms with E-state index in [2.05, 4.69) is 130 Å². The fraction of sp³-hybridized carbons (Fsp3) is 0. The lowest BCUT2D eigenvalue weighted by atomic mass is 10.0. The highest BCUT2D eigenvalue weighted by atomic mass is 16.3. The van der Waals surface area contributed by atoms with Crippen molar-refractivity contribution in [3.05, 3.63) is 157 Å². The molecule has 0 radical (unpaired) electrons. The second kappa shape index (κ2) is 10.2. The molecule has 0 aliphatic rings. The maximum Gasteiger partial charge on any atom is 0.155 e. The average molecular weight is 625 g/mol. The van der Waals surface area contributed by atoms with Gasteiger partial charge in [-0.05, 0) is 65.7 Å². The average Bonchev–Trinajstić information content (AvgIpc) is 3.82. The maximum atomic E-state index is 10.2. The van der Waals surface area contributed by atoms with Crippen LogP contribution in [0.3, 0.4) is 0 Å². The van der Waals surface area contributed by atoms with Gasteiger partial charge >= 0.3 is 0 Å². The molecule has 0 saturated heterocycles. The fourth-order valence-electron chi connectivity index (χ4n) is 7.70. The molecule has 0 amide bonds. The molecule has 0 N–H and O–H groups in total. The monoisotopic (exact) mass is 624 g/mol. The highest BCUT2D eigenvalue weighted by molar-refractivity contribution is 6.26. The van der Waals surface area contributed by atoms with E-state index >= 15 is 0 Å². The Morgan fingerprint density at radius 1 is 0.429 bits per heavy atom. The lowest BCUT2D eigenvalue weighted by Crippen LogP contribution is -1.96. The molecular weight excluding hydrogens is 601 g/mol. The third-order valence-corrected chi connectivity index (χ3v) is 9.76. The molecule has 49 heavy (non-hydrogen) atoms. The largest absolute Gasteiger partial charge is 0.453 e. The maximum absolute atomic E-state index is 10.2. The van der Waals surface area contributed by atoms with Crippen LogP contribution in [0.5, 0.6) is 0 Å². The van der Waals surface area contributed by atoms with Gasteiger partial charge < -0.3 is 13.6 Å². The normalized spacial score (nSPS) is 11.6. The summed E-state index contributed by atoms with van der Waals surface area (Å²) in [6.07, 6.45) is 0. The second-order valence-electron chi connectivity index (χ2n) is 12.4. The summed E-state index contributed by atoms with van der Waals surface area (Å²) in [5, 5.41) is 26.2. The summed E-state index contributed by atoms with van der Waals surface area (Å²) >= 11 is 0. The first kappa shape index (κ1) is 27.1. The summed E-state index contributed by atoms with van der Waals surface area (Å²) in [4.78, 5) is 0. The number of hydrogen-bond donors (Lipinski definition) is 0. The number of benzene rings is 7. The predicted molar refractivity (Wildman–Crippen MR) is 197 cm³/mol. The van der Waals surface area contributed by atoms with Crippen molar-refractivity contribution in [3.8, 4) is 34.6 Å². The highest BCUT2D eigenvalue weighted by Crippen LogP contribution is 2.43. The van der Waals surface area contributed by atoms with Gasteiger partial charge in [0.15, 0.2) is 11.2 Å². The van der Waals surface area contributed by atoms with Crippen LogP contribution in [0, 0.1) is 22.7 Å². The van der Waals surface area contributed by atoms with Crippen molar-refractivity contribution < 1.29 is 4.42 Å². The Hall–Kier alpha value is -7.08. The van der Waals surface area contributed by atoms with E-state index in [0.717, 1.165) is 55.1 Å². The molecule has 10 rings (SSSR count). The van der Waals surface area contributed by atoms with Crippen LogP contribution in [-0.2, 0) is 0 Å². The van der Waals surface area contributed by atoms with E-state index in [4.69, 9.17) is 4.42 Å². The van der Waals surface area contributed by atoms with E-state index in [1.165, 1.54) is 21.8 Å². The summed E-state index contributed by atoms with van der Waals surface area (Å²) in [6, 6.07) is 54.9. The molecule has 0 spiro atoms. The molecule has 0 saturated carbocycles. The molecule has 0 aliphatic carbocycles. The minimum absolute atomic E-state index is 0.443. The third kappa shape index (κ3) is 3.79. The van der Waals surface area contributed by atoms with Crippen LogP contribution in [-0.4, -0.2) is 9.13 Å². The van der Waals surface area contributed by atoms with Gasteiger partial charge in [0.2, 0.25) is 0 Å². The molecule has 7 aromatic carbocycles. The Kier molecular flexibility index (Phi) is 5.64. The molecule has 0 aliphatic heterocycles. The lowest BCUT2D eigenvalue weighted by Gasteiger charge is -2.13. The molecule has 0 atom stereocenters. The van der Waals surface area contributed by atoms with Gasteiger partial charge in [0, 0.05) is 38.3 Å². The Morgan fingerprint density at radius 3 is 1.55 bits per heavy atom. The zero-order valence-corrected chi connectivity index (χ0v) is 26.1. The third-order valence-electron chi connectivity index (χ3n) is 9.76. The quantitative estimate of drug-likeness (QED) is 0.196. The highest BCUT2D eigenvalue weighted by Gasteiger charge is 2.23. The van der Waals surface area contributed by atoms with E-state index in [0.29, 0.717) is 22.3 Å². The zero-order valence-electron chi connectivity index (χ0n) is 26.1. The van der Waals surface area contributed by atoms with Crippen molar-refractivity contribution >= 4 is 65.6 Å². The summed E-state index contributed by atoms with van der Waals surface area (Å²) in [5.41, 5.74) is 10.5. The van der Waals surface area contributed by atoms with Crippen molar-refractivity contribution in [2.75, 3.05) is 0 Å². The van der Waals surface area contributed by atoms with Crippen LogP contribution < -0.4 is 0 Å². The number of furan rings is 1. The topological polar surface area (TPSA) is 70.6 Å². The van der Waals surface area contributed by atoms with E-state index in [1.807, 2.05) is 30.3 Å². The summed E-state index contributed by atoms with van der Waals surface area (Å²) in [5.74, 6) is 0. The number of fused-ring (bicyclic) bond motifs is 10. The molecular formula is C44H24N4O. The molecule has 5 heteroatoms. The van der Waals surface area contributed by atoms with Crippen molar-refractivity contribution in [2.24, 2.45) is 0 Å². The number of hydrogen-bond acceptors (Lipinski definition) is 3. The molecule has 0 fully saturated rings.